The van der Waals surface area contributed by atoms with E-state index in [1.165, 1.54) is 0 Å². The highest BCUT2D eigenvalue weighted by Crippen LogP contribution is 2.19. The molecule has 0 radical (unpaired) electrons. The van der Waals surface area contributed by atoms with Crippen molar-refractivity contribution in [3.8, 4) is 0 Å². The van der Waals surface area contributed by atoms with Gasteiger partial charge < -0.3 is 10.0 Å². The Morgan fingerprint density at radius 2 is 2.36 bits per heavy atom. The predicted molar refractivity (Wildman–Crippen MR) is 59.4 cm³/mol. The Morgan fingerprint density at radius 3 is 3.00 bits per heavy atom. The number of halogens is 1. The molecule has 0 aromatic carbocycles. The van der Waals surface area contributed by atoms with Gasteiger partial charge in [-0.3, -0.25) is 0 Å². The van der Waals surface area contributed by atoms with E-state index in [4.69, 9.17) is 0 Å². The lowest BCUT2D eigenvalue weighted by molar-refractivity contribution is 0.154. The zero-order valence-electron chi connectivity index (χ0n) is 7.86. The summed E-state index contributed by atoms with van der Waals surface area (Å²) in [5.41, 5.74) is 0. The van der Waals surface area contributed by atoms with E-state index in [2.05, 4.69) is 25.8 Å². The first-order valence-corrected chi connectivity index (χ1v) is 5.59. The van der Waals surface area contributed by atoms with Gasteiger partial charge in [-0.25, -0.2) is 4.98 Å². The minimum absolute atomic E-state index is 0.200. The molecule has 1 atom stereocenters. The van der Waals surface area contributed by atoms with Crippen LogP contribution in [-0.4, -0.2) is 29.3 Å². The maximum absolute atomic E-state index is 9.52. The number of pyridine rings is 1. The average molecular weight is 257 g/mol. The van der Waals surface area contributed by atoms with Gasteiger partial charge in [-0.05, 0) is 40.9 Å². The van der Waals surface area contributed by atoms with Gasteiger partial charge in [0.2, 0.25) is 0 Å². The Labute approximate surface area is 91.9 Å². The van der Waals surface area contributed by atoms with Crippen LogP contribution in [-0.2, 0) is 0 Å². The Balaban J connectivity index is 2.10. The van der Waals surface area contributed by atoms with Crippen molar-refractivity contribution in [3.05, 3.63) is 22.8 Å². The van der Waals surface area contributed by atoms with Crippen LogP contribution < -0.4 is 4.90 Å². The molecule has 0 spiro atoms. The van der Waals surface area contributed by atoms with Crippen molar-refractivity contribution in [1.82, 2.24) is 4.98 Å². The lowest BCUT2D eigenvalue weighted by Crippen LogP contribution is -2.38. The second kappa shape index (κ2) is 4.28. The quantitative estimate of drug-likeness (QED) is 0.833. The number of hydrogen-bond acceptors (Lipinski definition) is 3. The van der Waals surface area contributed by atoms with Gasteiger partial charge in [-0.15, -0.1) is 0 Å². The summed E-state index contributed by atoms with van der Waals surface area (Å²) < 4.78 is 0.985. The predicted octanol–water partition coefficient (Wildman–Crippen LogP) is 1.81. The first kappa shape index (κ1) is 9.93. The van der Waals surface area contributed by atoms with Crippen LogP contribution in [0.25, 0.3) is 0 Å². The van der Waals surface area contributed by atoms with Gasteiger partial charge in [0.1, 0.15) is 5.82 Å². The van der Waals surface area contributed by atoms with Crippen molar-refractivity contribution in [2.24, 2.45) is 0 Å². The number of aromatic nitrogens is 1. The summed E-state index contributed by atoms with van der Waals surface area (Å²) in [6.45, 7) is 1.69. The highest BCUT2D eigenvalue weighted by molar-refractivity contribution is 9.10. The SMILES string of the molecule is O[C@H]1CCCN(c2ccc(Br)cn2)C1. The molecule has 0 unspecified atom stereocenters. The molecular weight excluding hydrogens is 244 g/mol. The number of aliphatic hydroxyl groups is 1. The van der Waals surface area contributed by atoms with E-state index in [0.29, 0.717) is 6.54 Å². The molecule has 0 aliphatic carbocycles. The summed E-state index contributed by atoms with van der Waals surface area (Å²) in [6, 6.07) is 3.95. The second-order valence-electron chi connectivity index (χ2n) is 3.58. The van der Waals surface area contributed by atoms with E-state index < -0.39 is 0 Å². The maximum Gasteiger partial charge on any atom is 0.128 e. The van der Waals surface area contributed by atoms with E-state index in [-0.39, 0.29) is 6.10 Å². The monoisotopic (exact) mass is 256 g/mol. The van der Waals surface area contributed by atoms with Gasteiger partial charge in [0, 0.05) is 23.8 Å². The third-order valence-corrected chi connectivity index (χ3v) is 2.90. The van der Waals surface area contributed by atoms with Crippen LogP contribution in [0.3, 0.4) is 0 Å². The third-order valence-electron chi connectivity index (χ3n) is 2.43. The molecule has 1 N–H and O–H groups in total. The van der Waals surface area contributed by atoms with E-state index in [1.54, 1.807) is 6.20 Å². The maximum atomic E-state index is 9.52. The molecule has 2 rings (SSSR count). The smallest absolute Gasteiger partial charge is 0.128 e. The summed E-state index contributed by atoms with van der Waals surface area (Å²) in [4.78, 5) is 6.43. The van der Waals surface area contributed by atoms with Crippen LogP contribution in [0.15, 0.2) is 22.8 Å². The number of nitrogens with zero attached hydrogens (tertiary/aromatic N) is 2. The fraction of sp³-hybridized carbons (Fsp3) is 0.500. The summed E-state index contributed by atoms with van der Waals surface area (Å²) in [5, 5.41) is 9.52. The van der Waals surface area contributed by atoms with E-state index in [9.17, 15) is 5.11 Å². The zero-order valence-corrected chi connectivity index (χ0v) is 9.44. The summed E-state index contributed by atoms with van der Waals surface area (Å²) in [6.07, 6.45) is 3.54. The molecule has 3 nitrogen and oxygen atoms in total. The van der Waals surface area contributed by atoms with Crippen LogP contribution in [0.1, 0.15) is 12.8 Å². The molecule has 76 valence electrons. The van der Waals surface area contributed by atoms with Gasteiger partial charge in [-0.2, -0.15) is 0 Å². The lowest BCUT2D eigenvalue weighted by Gasteiger charge is -2.30. The molecule has 0 amide bonds. The molecule has 4 heteroatoms. The number of β-amino-alcohol motifs (C(OH)–C–C–N with tert-alkyl or cyclic N) is 1. The Bertz CT molecular complexity index is 301. The molecule has 0 saturated carbocycles. The van der Waals surface area contributed by atoms with Crippen LogP contribution in [0.5, 0.6) is 0 Å². The molecule has 14 heavy (non-hydrogen) atoms. The standard InChI is InChI=1S/C10H13BrN2O/c11-8-3-4-10(12-6-8)13-5-1-2-9(14)7-13/h3-4,6,9,14H,1-2,5,7H2/t9-/m0/s1. The molecule has 0 bridgehead atoms. The van der Waals surface area contributed by atoms with E-state index >= 15 is 0 Å². The van der Waals surface area contributed by atoms with Crippen molar-refractivity contribution >= 4 is 21.7 Å². The van der Waals surface area contributed by atoms with E-state index in [0.717, 1.165) is 29.7 Å². The van der Waals surface area contributed by atoms with Crippen molar-refractivity contribution in [2.75, 3.05) is 18.0 Å². The van der Waals surface area contributed by atoms with E-state index in [1.807, 2.05) is 12.1 Å². The van der Waals surface area contributed by atoms with Crippen molar-refractivity contribution in [2.45, 2.75) is 18.9 Å². The van der Waals surface area contributed by atoms with Crippen LogP contribution in [0.4, 0.5) is 5.82 Å². The van der Waals surface area contributed by atoms with Gasteiger partial charge in [-0.1, -0.05) is 0 Å². The molecule has 1 aliphatic heterocycles. The average Bonchev–Trinajstić information content (AvgIpc) is 2.19. The van der Waals surface area contributed by atoms with Gasteiger partial charge in [0.05, 0.1) is 6.10 Å². The fourth-order valence-corrected chi connectivity index (χ4v) is 1.95. The topological polar surface area (TPSA) is 36.4 Å². The van der Waals surface area contributed by atoms with Crippen LogP contribution in [0.2, 0.25) is 0 Å². The molecule has 1 saturated heterocycles. The fourth-order valence-electron chi connectivity index (χ4n) is 1.72. The van der Waals surface area contributed by atoms with Crippen molar-refractivity contribution < 1.29 is 5.11 Å². The zero-order chi connectivity index (χ0) is 9.97. The van der Waals surface area contributed by atoms with Crippen LogP contribution >= 0.6 is 15.9 Å². The van der Waals surface area contributed by atoms with Crippen molar-refractivity contribution in [1.29, 1.82) is 0 Å². The summed E-state index contributed by atoms with van der Waals surface area (Å²) in [5.74, 6) is 0.951. The van der Waals surface area contributed by atoms with Gasteiger partial charge >= 0.3 is 0 Å². The molecule has 1 aromatic rings. The summed E-state index contributed by atoms with van der Waals surface area (Å²) >= 11 is 3.35. The Kier molecular flexibility index (Phi) is 3.03. The number of hydrogen-bond donors (Lipinski definition) is 1. The molecule has 1 aromatic heterocycles. The lowest BCUT2D eigenvalue weighted by atomic mass is 10.1. The largest absolute Gasteiger partial charge is 0.391 e. The number of piperidine rings is 1. The number of rotatable bonds is 1. The summed E-state index contributed by atoms with van der Waals surface area (Å²) in [7, 11) is 0. The minimum atomic E-state index is -0.200. The van der Waals surface area contributed by atoms with Gasteiger partial charge in [0.25, 0.3) is 0 Å². The first-order chi connectivity index (χ1) is 6.75. The number of aliphatic hydroxyl groups excluding tert-OH is 1. The molecule has 2 heterocycles. The normalized spacial score (nSPS) is 22.4. The van der Waals surface area contributed by atoms with Gasteiger partial charge in [0.15, 0.2) is 0 Å². The number of anilines is 1. The molecule has 1 fully saturated rings. The second-order valence-corrected chi connectivity index (χ2v) is 4.49. The van der Waals surface area contributed by atoms with Crippen LogP contribution in [0, 0.1) is 0 Å². The Hall–Kier alpha value is -0.610. The third kappa shape index (κ3) is 2.25. The van der Waals surface area contributed by atoms with Crippen molar-refractivity contribution in [3.63, 3.8) is 0 Å². The highest BCUT2D eigenvalue weighted by atomic mass is 79.9. The Morgan fingerprint density at radius 1 is 1.50 bits per heavy atom. The molecule has 1 aliphatic rings. The highest BCUT2D eigenvalue weighted by Gasteiger charge is 2.18. The first-order valence-electron chi connectivity index (χ1n) is 4.80. The molecular formula is C10H13BrN2O. The minimum Gasteiger partial charge on any atom is -0.391 e.